The Labute approximate surface area is 90.6 Å². The Morgan fingerprint density at radius 2 is 2.06 bits per heavy atom. The average molecular weight is 215 g/mol. The van der Waals surface area contributed by atoms with Gasteiger partial charge in [-0.2, -0.15) is 5.10 Å². The third kappa shape index (κ3) is 1.16. The normalized spacial score (nSPS) is 11.1. The largest absolute Gasteiger partial charge is 0.397 e. The number of aromatic nitrogens is 4. The van der Waals surface area contributed by atoms with Crippen LogP contribution in [-0.4, -0.2) is 20.1 Å². The van der Waals surface area contributed by atoms with Crippen molar-refractivity contribution in [2.24, 2.45) is 0 Å². The van der Waals surface area contributed by atoms with E-state index in [1.54, 1.807) is 16.9 Å². The van der Waals surface area contributed by atoms with Crippen molar-refractivity contribution in [2.75, 3.05) is 5.73 Å². The molecule has 3 aromatic rings. The number of rotatable bonds is 1. The molecule has 2 N–H and O–H groups in total. The van der Waals surface area contributed by atoms with Crippen molar-refractivity contribution in [3.8, 4) is 5.69 Å². The van der Waals surface area contributed by atoms with Crippen molar-refractivity contribution in [2.45, 2.75) is 6.92 Å². The minimum atomic E-state index is 0.545. The Bertz CT molecular complexity index is 654. The van der Waals surface area contributed by atoms with E-state index in [0.29, 0.717) is 16.7 Å². The van der Waals surface area contributed by atoms with Gasteiger partial charge in [0.1, 0.15) is 0 Å². The maximum Gasteiger partial charge on any atom is 0.162 e. The molecule has 6 nitrogen and oxygen atoms in total. The predicted molar refractivity (Wildman–Crippen MR) is 58.1 cm³/mol. The van der Waals surface area contributed by atoms with Crippen LogP contribution in [0.4, 0.5) is 5.69 Å². The first-order valence-corrected chi connectivity index (χ1v) is 4.78. The first-order chi connectivity index (χ1) is 7.75. The average Bonchev–Trinajstić information content (AvgIpc) is 2.87. The van der Waals surface area contributed by atoms with E-state index in [0.717, 1.165) is 11.3 Å². The molecule has 0 aliphatic heterocycles. The zero-order chi connectivity index (χ0) is 11.1. The lowest BCUT2D eigenvalue weighted by Gasteiger charge is -2.01. The number of aryl methyl sites for hydroxylation is 1. The maximum atomic E-state index is 5.76. The quantitative estimate of drug-likeness (QED) is 0.618. The zero-order valence-corrected chi connectivity index (χ0v) is 8.58. The van der Waals surface area contributed by atoms with Crippen LogP contribution in [0.15, 0.2) is 29.2 Å². The highest BCUT2D eigenvalue weighted by atomic mass is 16.6. The van der Waals surface area contributed by atoms with Gasteiger partial charge >= 0.3 is 0 Å². The summed E-state index contributed by atoms with van der Waals surface area (Å²) in [4.78, 5) is 0. The Hall–Kier alpha value is -2.37. The first-order valence-electron chi connectivity index (χ1n) is 4.78. The molecule has 0 unspecified atom stereocenters. The zero-order valence-electron chi connectivity index (χ0n) is 8.58. The second kappa shape index (κ2) is 3.06. The van der Waals surface area contributed by atoms with Crippen LogP contribution >= 0.6 is 0 Å². The van der Waals surface area contributed by atoms with Gasteiger partial charge in [0.2, 0.25) is 0 Å². The molecule has 0 saturated carbocycles. The van der Waals surface area contributed by atoms with Gasteiger partial charge in [0.15, 0.2) is 11.0 Å². The molecule has 0 bridgehead atoms. The van der Waals surface area contributed by atoms with Crippen molar-refractivity contribution < 1.29 is 4.63 Å². The van der Waals surface area contributed by atoms with Crippen LogP contribution in [0.2, 0.25) is 0 Å². The summed E-state index contributed by atoms with van der Waals surface area (Å²) in [5, 5.41) is 11.8. The Morgan fingerprint density at radius 3 is 2.81 bits per heavy atom. The number of hydrogen-bond acceptors (Lipinski definition) is 5. The summed E-state index contributed by atoms with van der Waals surface area (Å²) in [7, 11) is 0. The molecular weight excluding hydrogens is 206 g/mol. The topological polar surface area (TPSA) is 82.8 Å². The molecule has 0 radical (unpaired) electrons. The SMILES string of the molecule is Cc1cnn(-c2ccc(N)c3nonc23)c1. The predicted octanol–water partition coefficient (Wildman–Crippen LogP) is 1.30. The highest BCUT2D eigenvalue weighted by Crippen LogP contribution is 2.23. The number of fused-ring (bicyclic) bond motifs is 1. The van der Waals surface area contributed by atoms with Crippen LogP contribution in [-0.2, 0) is 0 Å². The van der Waals surface area contributed by atoms with Gasteiger partial charge in [0.05, 0.1) is 17.6 Å². The lowest BCUT2D eigenvalue weighted by atomic mass is 10.2. The molecule has 0 aliphatic carbocycles. The molecule has 16 heavy (non-hydrogen) atoms. The number of hydrogen-bond donors (Lipinski definition) is 1. The molecule has 0 aliphatic rings. The fourth-order valence-electron chi connectivity index (χ4n) is 1.60. The lowest BCUT2D eigenvalue weighted by Crippen LogP contribution is -1.97. The third-order valence-electron chi connectivity index (χ3n) is 2.38. The Balaban J connectivity index is 2.32. The molecule has 0 fully saturated rings. The third-order valence-corrected chi connectivity index (χ3v) is 2.38. The van der Waals surface area contributed by atoms with Gasteiger partial charge in [-0.1, -0.05) is 0 Å². The van der Waals surface area contributed by atoms with Gasteiger partial charge in [-0.3, -0.25) is 0 Å². The summed E-state index contributed by atoms with van der Waals surface area (Å²) in [5.74, 6) is 0. The van der Waals surface area contributed by atoms with E-state index < -0.39 is 0 Å². The van der Waals surface area contributed by atoms with Gasteiger partial charge in [-0.25, -0.2) is 9.31 Å². The molecule has 3 rings (SSSR count). The summed E-state index contributed by atoms with van der Waals surface area (Å²) in [6.45, 7) is 1.97. The van der Waals surface area contributed by atoms with Crippen molar-refractivity contribution in [3.63, 3.8) is 0 Å². The highest BCUT2D eigenvalue weighted by molar-refractivity contribution is 5.91. The number of anilines is 1. The van der Waals surface area contributed by atoms with Crippen LogP contribution in [0, 0.1) is 6.92 Å². The first kappa shape index (κ1) is 8.90. The second-order valence-electron chi connectivity index (χ2n) is 3.60. The van der Waals surface area contributed by atoms with E-state index in [-0.39, 0.29) is 0 Å². The van der Waals surface area contributed by atoms with E-state index in [4.69, 9.17) is 10.4 Å². The van der Waals surface area contributed by atoms with Gasteiger partial charge in [0, 0.05) is 6.20 Å². The van der Waals surface area contributed by atoms with Crippen LogP contribution < -0.4 is 5.73 Å². The van der Waals surface area contributed by atoms with E-state index in [2.05, 4.69) is 15.4 Å². The summed E-state index contributed by atoms with van der Waals surface area (Å²) in [6, 6.07) is 3.60. The Kier molecular flexibility index (Phi) is 1.70. The van der Waals surface area contributed by atoms with Gasteiger partial charge < -0.3 is 5.73 Å². The van der Waals surface area contributed by atoms with E-state index in [1.807, 2.05) is 19.2 Å². The minimum absolute atomic E-state index is 0.545. The second-order valence-corrected chi connectivity index (χ2v) is 3.60. The van der Waals surface area contributed by atoms with Crippen molar-refractivity contribution in [3.05, 3.63) is 30.1 Å². The van der Waals surface area contributed by atoms with Crippen molar-refractivity contribution in [1.82, 2.24) is 20.1 Å². The monoisotopic (exact) mass is 215 g/mol. The summed E-state index contributed by atoms with van der Waals surface area (Å²) < 4.78 is 6.42. The van der Waals surface area contributed by atoms with Gasteiger partial charge in [-0.05, 0) is 34.9 Å². The van der Waals surface area contributed by atoms with Crippen molar-refractivity contribution in [1.29, 1.82) is 0 Å². The molecule has 0 spiro atoms. The fourth-order valence-corrected chi connectivity index (χ4v) is 1.60. The number of nitrogens with two attached hydrogens (primary N) is 1. The standard InChI is InChI=1S/C10H9N5O/c1-6-4-12-15(5-6)8-3-2-7(11)9-10(8)14-16-13-9/h2-5H,11H2,1H3. The van der Waals surface area contributed by atoms with Gasteiger partial charge in [0.25, 0.3) is 0 Å². The molecule has 2 aromatic heterocycles. The molecule has 6 heteroatoms. The summed E-state index contributed by atoms with van der Waals surface area (Å²) in [5.41, 5.74) is 9.36. The molecular formula is C10H9N5O. The number of nitrogen functional groups attached to an aromatic ring is 1. The van der Waals surface area contributed by atoms with Crippen LogP contribution in [0.3, 0.4) is 0 Å². The smallest absolute Gasteiger partial charge is 0.162 e. The fraction of sp³-hybridized carbons (Fsp3) is 0.100. The highest BCUT2D eigenvalue weighted by Gasteiger charge is 2.11. The van der Waals surface area contributed by atoms with E-state index >= 15 is 0 Å². The maximum absolute atomic E-state index is 5.76. The number of nitrogens with zero attached hydrogens (tertiary/aromatic N) is 4. The van der Waals surface area contributed by atoms with Crippen LogP contribution in [0.25, 0.3) is 16.7 Å². The molecule has 80 valence electrons. The lowest BCUT2D eigenvalue weighted by molar-refractivity contribution is 0.315. The number of benzene rings is 1. The summed E-state index contributed by atoms with van der Waals surface area (Å²) in [6.07, 6.45) is 3.68. The van der Waals surface area contributed by atoms with Gasteiger partial charge in [-0.15, -0.1) is 0 Å². The molecule has 1 aromatic carbocycles. The van der Waals surface area contributed by atoms with Crippen molar-refractivity contribution >= 4 is 16.7 Å². The molecule has 0 amide bonds. The van der Waals surface area contributed by atoms with E-state index in [1.165, 1.54) is 0 Å². The minimum Gasteiger partial charge on any atom is -0.397 e. The summed E-state index contributed by atoms with van der Waals surface area (Å²) >= 11 is 0. The molecule has 0 saturated heterocycles. The molecule has 0 atom stereocenters. The van der Waals surface area contributed by atoms with Crippen LogP contribution in [0.1, 0.15) is 5.56 Å². The van der Waals surface area contributed by atoms with E-state index in [9.17, 15) is 0 Å². The molecule has 2 heterocycles. The van der Waals surface area contributed by atoms with Crippen LogP contribution in [0.5, 0.6) is 0 Å². The Morgan fingerprint density at radius 1 is 1.25 bits per heavy atom.